The van der Waals surface area contributed by atoms with Crippen molar-refractivity contribution >= 4 is 134 Å². The summed E-state index contributed by atoms with van der Waals surface area (Å²) >= 11 is 0.802. The van der Waals surface area contributed by atoms with E-state index in [2.05, 4.69) is 73.1 Å². The van der Waals surface area contributed by atoms with Gasteiger partial charge in [-0.05, 0) is 112 Å². The van der Waals surface area contributed by atoms with Gasteiger partial charge in [0.1, 0.15) is 66.2 Å². The number of H-pyrrole nitrogens is 3. The number of aliphatic hydroxyl groups excluding tert-OH is 1. The molecule has 129 heavy (non-hydrogen) atoms. The van der Waals surface area contributed by atoms with Crippen molar-refractivity contribution in [1.82, 2.24) is 92.7 Å². The summed E-state index contributed by atoms with van der Waals surface area (Å²) in [6.45, 7) is 7.33. The molecule has 39 heteroatoms. The molecule has 0 aliphatic carbocycles. The number of amides is 14. The Hall–Kier alpha value is -12.4. The number of hydrogen-bond acceptors (Lipinski definition) is 22. The lowest BCUT2D eigenvalue weighted by molar-refractivity contribution is -0.149. The number of thioether (sulfide) groups is 1. The Kier molecular flexibility index (Phi) is 37.5. The Morgan fingerprint density at radius 2 is 1.14 bits per heavy atom. The standard InChI is InChI=1S/C90H123N19O19S/c1-10-12-23-72-85(123)98-51(5)79(117)105-71-47-129-48-78(116)99-68(34-53-26-28-59(111)29-27-53)88(126)106(7)52(6)75(113)38-55(39-77(91)115)87(125)109-32-18-25-73(109)86(124)102-67(40-58-43-93-49-97-58)83(121)101-66(33-50(3)4)82(120)100-65(30-31-92-44-60(112)45-96-81(71)119)76(114)37-54(35-56-41-94-63-21-16-14-19-61(56)63)80(118)104-70(46-110)84(122)103-69(36-57-42-95-64-22-17-15-20-62(57)64)89(127)108(9)74(24-13-11-2)90(128)107(72)8/h14-17,19-22,26-29,41-43,49-52,54-55,65-74,92,94-95,110-111H,10-13,18,23-25,30-40,44-48H2,1-9H3,(H2,91,115)(H,93,97)(H,96,119)(H,98,123)(H,99,116)(H,100,120)(H,101,121)(H,102,124)(H,103,122)(H,104,118)(H,105,117)/t51-,52-,54+,55-,65-,66-,67-,68-,69-,70-,71-,72-,73-,74-/m0/s1. The quantitative estimate of drug-likeness (QED) is 0.0528. The van der Waals surface area contributed by atoms with Crippen molar-refractivity contribution in [1.29, 1.82) is 0 Å². The molecule has 9 rings (SSSR count). The van der Waals surface area contributed by atoms with E-state index in [1.54, 1.807) is 74.8 Å². The van der Waals surface area contributed by atoms with E-state index in [0.717, 1.165) is 16.7 Å². The molecule has 6 aromatic rings. The third-order valence-corrected chi connectivity index (χ3v) is 24.8. The van der Waals surface area contributed by atoms with Crippen LogP contribution in [0.5, 0.6) is 5.75 Å². The van der Waals surface area contributed by atoms with E-state index in [4.69, 9.17) is 5.73 Å². The van der Waals surface area contributed by atoms with Crippen molar-refractivity contribution in [3.63, 3.8) is 0 Å². The fourth-order valence-electron chi connectivity index (χ4n) is 16.3. The first kappa shape index (κ1) is 100. The number of carbonyl (C=O) groups is 17. The summed E-state index contributed by atoms with van der Waals surface area (Å²) in [5.74, 6) is -18.9. The van der Waals surface area contributed by atoms with E-state index in [9.17, 15) is 58.2 Å². The summed E-state index contributed by atoms with van der Waals surface area (Å²) in [6.07, 6.45) is 4.77. The fourth-order valence-corrected chi connectivity index (χ4v) is 17.1. The number of Topliss-reactive ketones (excluding diaryl/α,β-unsaturated/α-hetero) is 3. The van der Waals surface area contributed by atoms with Gasteiger partial charge in [0.2, 0.25) is 82.7 Å². The number of aliphatic hydroxyl groups is 1. The molecular weight excluding hydrogens is 1680 g/mol. The van der Waals surface area contributed by atoms with Crippen LogP contribution in [0.2, 0.25) is 0 Å². The van der Waals surface area contributed by atoms with Gasteiger partial charge in [-0.15, -0.1) is 11.8 Å². The predicted octanol–water partition coefficient (Wildman–Crippen LogP) is 0.609. The van der Waals surface area contributed by atoms with E-state index >= 15 is 33.6 Å². The number of hydrogen-bond donors (Lipinski definition) is 16. The smallest absolute Gasteiger partial charge is 0.245 e. The number of nitrogens with zero attached hydrogens (tertiary/aromatic N) is 5. The second kappa shape index (κ2) is 48.1. The van der Waals surface area contributed by atoms with Gasteiger partial charge in [0, 0.05) is 124 Å². The highest BCUT2D eigenvalue weighted by atomic mass is 32.2. The van der Waals surface area contributed by atoms with E-state index in [1.807, 2.05) is 13.8 Å². The number of para-hydroxylation sites is 2. The van der Waals surface area contributed by atoms with Crippen LogP contribution in [0.15, 0.2) is 97.7 Å². The number of phenols is 1. The number of ketones is 3. The minimum Gasteiger partial charge on any atom is -0.508 e. The third-order valence-electron chi connectivity index (χ3n) is 23.8. The van der Waals surface area contributed by atoms with Crippen LogP contribution in [-0.2, 0) is 107 Å². The molecular formula is C90H123N19O19S. The average Bonchev–Trinajstić information content (AvgIpc) is 1.54. The molecule has 2 bridgehead atoms. The number of rotatable bonds is 19. The van der Waals surface area contributed by atoms with Gasteiger partial charge < -0.3 is 104 Å². The van der Waals surface area contributed by atoms with E-state index < -0.39 is 235 Å². The number of imidazole rings is 1. The van der Waals surface area contributed by atoms with Gasteiger partial charge in [-0.25, -0.2) is 4.98 Å². The number of benzene rings is 3. The number of carbonyl (C=O) groups excluding carboxylic acids is 17. The Morgan fingerprint density at radius 1 is 0.558 bits per heavy atom. The van der Waals surface area contributed by atoms with Gasteiger partial charge in [0.25, 0.3) is 0 Å². The Labute approximate surface area is 752 Å². The number of aromatic nitrogens is 4. The van der Waals surface area contributed by atoms with Gasteiger partial charge >= 0.3 is 0 Å². The molecule has 14 atom stereocenters. The first-order chi connectivity index (χ1) is 61.6. The topological polar surface area (TPSA) is 550 Å². The van der Waals surface area contributed by atoms with Crippen molar-refractivity contribution in [3.8, 4) is 5.75 Å². The van der Waals surface area contributed by atoms with Gasteiger partial charge in [-0.3, -0.25) is 81.5 Å². The zero-order valence-electron chi connectivity index (χ0n) is 74.4. The molecule has 3 saturated heterocycles. The second-order valence-electron chi connectivity index (χ2n) is 34.0. The van der Waals surface area contributed by atoms with Crippen molar-refractivity contribution < 1.29 is 91.7 Å². The van der Waals surface area contributed by atoms with Crippen LogP contribution < -0.4 is 58.9 Å². The number of phenolic OH excluding ortho intramolecular Hbond substituents is 1. The van der Waals surface area contributed by atoms with Crippen LogP contribution in [0.25, 0.3) is 21.8 Å². The van der Waals surface area contributed by atoms with Crippen molar-refractivity contribution in [2.45, 2.75) is 223 Å². The minimum absolute atomic E-state index is 0.0361. The van der Waals surface area contributed by atoms with Gasteiger partial charge in [0.15, 0.2) is 17.3 Å². The van der Waals surface area contributed by atoms with Crippen molar-refractivity contribution in [2.24, 2.45) is 23.5 Å². The molecule has 0 saturated carbocycles. The lowest BCUT2D eigenvalue weighted by Crippen LogP contribution is -2.60. The molecule has 0 spiro atoms. The van der Waals surface area contributed by atoms with E-state index in [-0.39, 0.29) is 89.0 Å². The first-order valence-corrected chi connectivity index (χ1v) is 45.1. The molecule has 3 aliphatic heterocycles. The summed E-state index contributed by atoms with van der Waals surface area (Å²) in [5.41, 5.74) is 8.92. The van der Waals surface area contributed by atoms with Crippen LogP contribution >= 0.6 is 11.8 Å². The van der Waals surface area contributed by atoms with E-state index in [0.29, 0.717) is 69.9 Å². The summed E-state index contributed by atoms with van der Waals surface area (Å²) in [7, 11) is 4.04. The van der Waals surface area contributed by atoms with Crippen molar-refractivity contribution in [2.75, 3.05) is 65.4 Å². The summed E-state index contributed by atoms with van der Waals surface area (Å²) in [6, 6.07) is 2.16. The lowest BCUT2D eigenvalue weighted by Gasteiger charge is -2.36. The lowest BCUT2D eigenvalue weighted by atomic mass is 9.90. The monoisotopic (exact) mass is 1810 g/mol. The Morgan fingerprint density at radius 3 is 1.78 bits per heavy atom. The molecule has 38 nitrogen and oxygen atoms in total. The van der Waals surface area contributed by atoms with Crippen LogP contribution in [-0.4, -0.2) is 288 Å². The average molecular weight is 1810 g/mol. The molecule has 17 N–H and O–H groups in total. The van der Waals surface area contributed by atoms with Crippen LogP contribution in [0.1, 0.15) is 147 Å². The van der Waals surface area contributed by atoms with E-state index in [1.165, 1.54) is 86.5 Å². The highest BCUT2D eigenvalue weighted by Crippen LogP contribution is 2.29. The predicted molar refractivity (Wildman–Crippen MR) is 478 cm³/mol. The number of fused-ring (bicyclic) bond motifs is 12. The maximum atomic E-state index is 15.7. The molecule has 3 aromatic heterocycles. The number of nitrogens with one attached hydrogen (secondary N) is 13. The molecule has 3 aliphatic rings. The van der Waals surface area contributed by atoms with Crippen LogP contribution in [0.3, 0.4) is 0 Å². The molecule has 3 fully saturated rings. The second-order valence-corrected chi connectivity index (χ2v) is 35.0. The fraction of sp³-hybridized carbons (Fsp3) is 0.533. The molecule has 0 unspecified atom stereocenters. The number of unbranched alkanes of at least 4 members (excludes halogenated alkanes) is 2. The maximum absolute atomic E-state index is 15.7. The number of likely N-dealkylation sites (N-methyl/N-ethyl adjacent to an activating group) is 3. The number of aromatic hydroxyl groups is 1. The summed E-state index contributed by atoms with van der Waals surface area (Å²) in [4.78, 5) is 270. The highest BCUT2D eigenvalue weighted by molar-refractivity contribution is 8.00. The SMILES string of the molecule is CCCC[C@H]1C(=O)N(C)[C@@H](CCCC)C(=O)N[C@@H](C)C(=O)N[C@H]2CSCC(=O)N[C@@H](Cc3ccc(O)cc3)C(=O)N(C)[C@@H](C)C(=O)C[C@@H](CC(N)=O)C(=O)N3CCC[C@H]3C(=O)N[C@@H](Cc3cnc[nH]3)C(=O)N[C@@H](CC(C)C)C(=O)N[C@@H](CCNCC(=O)CNC2=O)C(=O)C[C@@H](Cc2c[nH]c3ccccc23)C(=O)N[C@@H](CO)C(=O)N[C@@H](Cc2c[nH]c3ccccc23)C(=O)N1C. The molecule has 6 heterocycles. The molecule has 0 radical (unpaired) electrons. The van der Waals surface area contributed by atoms with Gasteiger partial charge in [-0.1, -0.05) is 102 Å². The third kappa shape index (κ3) is 28.1. The number of nitrogens with two attached hydrogens (primary N) is 1. The highest BCUT2D eigenvalue weighted by Gasteiger charge is 2.44. The summed E-state index contributed by atoms with van der Waals surface area (Å²) < 4.78 is 0. The Balaban J connectivity index is 1.14. The number of primary amides is 1. The molecule has 3 aromatic carbocycles. The number of aromatic amines is 3. The largest absolute Gasteiger partial charge is 0.508 e. The molecule has 14 amide bonds. The normalized spacial score (nSPS) is 25.4. The first-order valence-electron chi connectivity index (χ1n) is 44.0. The van der Waals surface area contributed by atoms with Gasteiger partial charge in [-0.2, -0.15) is 0 Å². The van der Waals surface area contributed by atoms with Crippen LogP contribution in [0.4, 0.5) is 0 Å². The van der Waals surface area contributed by atoms with Crippen LogP contribution in [0, 0.1) is 17.8 Å². The molecule has 698 valence electrons. The Bertz CT molecular complexity index is 4980. The summed E-state index contributed by atoms with van der Waals surface area (Å²) in [5, 5.41) is 50.1. The zero-order chi connectivity index (χ0) is 93.9. The van der Waals surface area contributed by atoms with Crippen molar-refractivity contribution in [3.05, 3.63) is 120 Å². The maximum Gasteiger partial charge on any atom is 0.245 e. The van der Waals surface area contributed by atoms with Gasteiger partial charge in [0.05, 0.1) is 49.8 Å². The minimum atomic E-state index is -1.83. The zero-order valence-corrected chi connectivity index (χ0v) is 75.2.